The van der Waals surface area contributed by atoms with E-state index in [-0.39, 0.29) is 5.54 Å². The maximum absolute atomic E-state index is 4.46. The van der Waals surface area contributed by atoms with Gasteiger partial charge in [0.1, 0.15) is 0 Å². The summed E-state index contributed by atoms with van der Waals surface area (Å²) in [7, 11) is 0. The van der Waals surface area contributed by atoms with Gasteiger partial charge in [0.25, 0.3) is 0 Å². The van der Waals surface area contributed by atoms with Crippen LogP contribution in [0.2, 0.25) is 0 Å². The van der Waals surface area contributed by atoms with Gasteiger partial charge in [-0.15, -0.1) is 10.2 Å². The van der Waals surface area contributed by atoms with Crippen molar-refractivity contribution in [2.75, 3.05) is 6.54 Å². The Morgan fingerprint density at radius 1 is 1.44 bits per heavy atom. The number of nitrogens with one attached hydrogen (secondary N) is 1. The summed E-state index contributed by atoms with van der Waals surface area (Å²) in [6, 6.07) is 4.21. The van der Waals surface area contributed by atoms with Crippen LogP contribution in [0.25, 0.3) is 5.65 Å². The first-order chi connectivity index (χ1) is 8.75. The average molecular weight is 244 g/mol. The predicted molar refractivity (Wildman–Crippen MR) is 71.5 cm³/mol. The Labute approximate surface area is 107 Å². The summed E-state index contributed by atoms with van der Waals surface area (Å²) in [6.07, 6.45) is 6.77. The number of rotatable bonds is 3. The van der Waals surface area contributed by atoms with Crippen LogP contribution in [0, 0.1) is 6.92 Å². The predicted octanol–water partition coefficient (Wildman–Crippen LogP) is 2.42. The first kappa shape index (κ1) is 11.7. The lowest BCUT2D eigenvalue weighted by Crippen LogP contribution is -2.38. The maximum Gasteiger partial charge on any atom is 0.161 e. The fourth-order valence-electron chi connectivity index (χ4n) is 3.07. The van der Waals surface area contributed by atoms with E-state index in [4.69, 9.17) is 0 Å². The van der Waals surface area contributed by atoms with Gasteiger partial charge in [-0.25, -0.2) is 0 Å². The van der Waals surface area contributed by atoms with Gasteiger partial charge in [0.15, 0.2) is 11.5 Å². The van der Waals surface area contributed by atoms with Crippen LogP contribution < -0.4 is 5.32 Å². The third-order valence-corrected chi connectivity index (χ3v) is 3.91. The van der Waals surface area contributed by atoms with E-state index >= 15 is 0 Å². The molecule has 4 heteroatoms. The largest absolute Gasteiger partial charge is 0.305 e. The van der Waals surface area contributed by atoms with E-state index in [1.54, 1.807) is 0 Å². The molecule has 0 spiro atoms. The molecule has 0 radical (unpaired) electrons. The van der Waals surface area contributed by atoms with Crippen molar-refractivity contribution in [2.45, 2.75) is 45.1 Å². The zero-order valence-corrected chi connectivity index (χ0v) is 11.1. The standard InChI is InChI=1S/C14H20N4/c1-3-6-14(7-4-8-15-14)13-17-16-12-10-11(2)5-9-18(12)13/h5,9-10,15H,3-4,6-8H2,1-2H3. The maximum atomic E-state index is 4.46. The molecule has 1 N–H and O–H groups in total. The van der Waals surface area contributed by atoms with Gasteiger partial charge in [-0.3, -0.25) is 4.40 Å². The average Bonchev–Trinajstić information content (AvgIpc) is 2.96. The highest BCUT2D eigenvalue weighted by molar-refractivity contribution is 5.41. The molecule has 0 aromatic carbocycles. The van der Waals surface area contributed by atoms with Gasteiger partial charge in [-0.1, -0.05) is 13.3 Å². The van der Waals surface area contributed by atoms with Gasteiger partial charge in [-0.2, -0.15) is 0 Å². The fourth-order valence-corrected chi connectivity index (χ4v) is 3.07. The molecule has 2 aromatic rings. The second kappa shape index (κ2) is 4.35. The lowest BCUT2D eigenvalue weighted by atomic mass is 9.91. The van der Waals surface area contributed by atoms with E-state index < -0.39 is 0 Å². The molecule has 0 amide bonds. The highest BCUT2D eigenvalue weighted by atomic mass is 15.3. The summed E-state index contributed by atoms with van der Waals surface area (Å²) in [6.45, 7) is 5.40. The summed E-state index contributed by atoms with van der Waals surface area (Å²) in [5.41, 5.74) is 2.21. The summed E-state index contributed by atoms with van der Waals surface area (Å²) in [5, 5.41) is 12.4. The van der Waals surface area contributed by atoms with E-state index in [2.05, 4.69) is 52.1 Å². The van der Waals surface area contributed by atoms with Crippen molar-refractivity contribution in [1.29, 1.82) is 0 Å². The Morgan fingerprint density at radius 2 is 2.33 bits per heavy atom. The van der Waals surface area contributed by atoms with E-state index in [0.29, 0.717) is 0 Å². The Bertz CT molecular complexity index is 552. The van der Waals surface area contributed by atoms with Crippen molar-refractivity contribution in [3.63, 3.8) is 0 Å². The van der Waals surface area contributed by atoms with Crippen LogP contribution in [0.5, 0.6) is 0 Å². The topological polar surface area (TPSA) is 42.2 Å². The quantitative estimate of drug-likeness (QED) is 0.901. The molecule has 3 heterocycles. The molecule has 0 aliphatic carbocycles. The van der Waals surface area contributed by atoms with Crippen molar-refractivity contribution in [3.05, 3.63) is 29.7 Å². The summed E-state index contributed by atoms with van der Waals surface area (Å²) in [4.78, 5) is 0. The van der Waals surface area contributed by atoms with Gasteiger partial charge in [-0.05, 0) is 50.4 Å². The minimum atomic E-state index is 0.0312. The molecule has 0 bridgehead atoms. The molecule has 0 saturated carbocycles. The molecule has 96 valence electrons. The number of pyridine rings is 1. The lowest BCUT2D eigenvalue weighted by Gasteiger charge is -2.27. The fraction of sp³-hybridized carbons (Fsp3) is 0.571. The van der Waals surface area contributed by atoms with Gasteiger partial charge < -0.3 is 5.32 Å². The van der Waals surface area contributed by atoms with E-state index in [0.717, 1.165) is 37.3 Å². The van der Waals surface area contributed by atoms with Crippen molar-refractivity contribution in [1.82, 2.24) is 19.9 Å². The molecule has 1 atom stereocenters. The van der Waals surface area contributed by atoms with Crippen molar-refractivity contribution >= 4 is 5.65 Å². The minimum absolute atomic E-state index is 0.0312. The Balaban J connectivity index is 2.12. The first-order valence-electron chi connectivity index (χ1n) is 6.82. The van der Waals surface area contributed by atoms with Crippen LogP contribution in [0.15, 0.2) is 18.3 Å². The number of nitrogens with zero attached hydrogens (tertiary/aromatic N) is 3. The summed E-state index contributed by atoms with van der Waals surface area (Å²) < 4.78 is 2.14. The smallest absolute Gasteiger partial charge is 0.161 e. The third-order valence-electron chi connectivity index (χ3n) is 3.91. The molecule has 4 nitrogen and oxygen atoms in total. The van der Waals surface area contributed by atoms with Crippen molar-refractivity contribution in [2.24, 2.45) is 0 Å². The normalized spacial score (nSPS) is 23.9. The highest BCUT2D eigenvalue weighted by Crippen LogP contribution is 2.34. The van der Waals surface area contributed by atoms with Crippen LogP contribution in [0.3, 0.4) is 0 Å². The SMILES string of the molecule is CCCC1(c2nnc3cc(C)ccn23)CCCN1. The molecule has 1 aliphatic rings. The Kier molecular flexibility index (Phi) is 2.82. The Morgan fingerprint density at radius 3 is 3.06 bits per heavy atom. The first-order valence-corrected chi connectivity index (χ1v) is 6.82. The molecule has 18 heavy (non-hydrogen) atoms. The molecule has 1 saturated heterocycles. The van der Waals surface area contributed by atoms with E-state index in [9.17, 15) is 0 Å². The molecule has 2 aromatic heterocycles. The second-order valence-electron chi connectivity index (χ2n) is 5.32. The highest BCUT2D eigenvalue weighted by Gasteiger charge is 2.38. The molecule has 1 aliphatic heterocycles. The summed E-state index contributed by atoms with van der Waals surface area (Å²) >= 11 is 0. The molecule has 1 fully saturated rings. The number of hydrogen-bond acceptors (Lipinski definition) is 3. The lowest BCUT2D eigenvalue weighted by molar-refractivity contribution is 0.331. The van der Waals surface area contributed by atoms with Crippen LogP contribution in [-0.2, 0) is 5.54 Å². The molecule has 1 unspecified atom stereocenters. The summed E-state index contributed by atoms with van der Waals surface area (Å²) in [5.74, 6) is 1.08. The van der Waals surface area contributed by atoms with Gasteiger partial charge in [0.05, 0.1) is 5.54 Å². The Hall–Kier alpha value is -1.42. The zero-order valence-electron chi connectivity index (χ0n) is 11.1. The number of fused-ring (bicyclic) bond motifs is 1. The second-order valence-corrected chi connectivity index (χ2v) is 5.32. The van der Waals surface area contributed by atoms with Crippen LogP contribution in [0.1, 0.15) is 44.0 Å². The van der Waals surface area contributed by atoms with Crippen LogP contribution in [-0.4, -0.2) is 21.1 Å². The number of aromatic nitrogens is 3. The van der Waals surface area contributed by atoms with Crippen molar-refractivity contribution < 1.29 is 0 Å². The zero-order chi connectivity index (χ0) is 12.6. The minimum Gasteiger partial charge on any atom is -0.305 e. The van der Waals surface area contributed by atoms with E-state index in [1.165, 1.54) is 12.0 Å². The van der Waals surface area contributed by atoms with Gasteiger partial charge in [0.2, 0.25) is 0 Å². The number of hydrogen-bond donors (Lipinski definition) is 1. The van der Waals surface area contributed by atoms with Gasteiger partial charge >= 0.3 is 0 Å². The van der Waals surface area contributed by atoms with Gasteiger partial charge in [0, 0.05) is 6.20 Å². The number of aryl methyl sites for hydroxylation is 1. The molecule has 3 rings (SSSR count). The monoisotopic (exact) mass is 244 g/mol. The van der Waals surface area contributed by atoms with Crippen LogP contribution in [0.4, 0.5) is 0 Å². The van der Waals surface area contributed by atoms with Crippen molar-refractivity contribution in [3.8, 4) is 0 Å². The third kappa shape index (κ3) is 1.72. The molecular weight excluding hydrogens is 224 g/mol. The molecular formula is C14H20N4. The van der Waals surface area contributed by atoms with E-state index in [1.807, 2.05) is 0 Å². The van der Waals surface area contributed by atoms with Crippen LogP contribution >= 0.6 is 0 Å².